The van der Waals surface area contributed by atoms with Crippen LogP contribution in [0.5, 0.6) is 5.75 Å². The average molecular weight is 484 g/mol. The maximum Gasteiger partial charge on any atom is 0.417 e. The molecule has 0 amide bonds. The number of para-hydroxylation sites is 1. The van der Waals surface area contributed by atoms with Crippen molar-refractivity contribution in [1.82, 2.24) is 19.9 Å². The molecule has 35 heavy (non-hydrogen) atoms. The third-order valence-corrected chi connectivity index (χ3v) is 4.75. The van der Waals surface area contributed by atoms with Crippen molar-refractivity contribution >= 4 is 29.2 Å². The van der Waals surface area contributed by atoms with Gasteiger partial charge in [-0.2, -0.15) is 13.2 Å². The van der Waals surface area contributed by atoms with Crippen LogP contribution in [-0.4, -0.2) is 33.3 Å². The van der Waals surface area contributed by atoms with Gasteiger partial charge in [-0.3, -0.25) is 9.78 Å². The Morgan fingerprint density at radius 1 is 0.943 bits per heavy atom. The minimum absolute atomic E-state index is 0.0603. The van der Waals surface area contributed by atoms with Crippen molar-refractivity contribution in [3.05, 3.63) is 78.3 Å². The van der Waals surface area contributed by atoms with Crippen LogP contribution in [0.1, 0.15) is 15.9 Å². The second-order valence-electron chi connectivity index (χ2n) is 7.10. The number of hydrogen-bond acceptors (Lipinski definition) is 8. The molecule has 0 spiro atoms. The number of rotatable bonds is 7. The molecule has 8 nitrogen and oxygen atoms in total. The van der Waals surface area contributed by atoms with Gasteiger partial charge in [0.1, 0.15) is 5.82 Å². The first-order chi connectivity index (χ1) is 16.8. The Hall–Kier alpha value is -4.61. The zero-order valence-corrected chi connectivity index (χ0v) is 18.0. The first-order valence-electron chi connectivity index (χ1n) is 9.95. The van der Waals surface area contributed by atoms with Gasteiger partial charge in [-0.05, 0) is 18.2 Å². The van der Waals surface area contributed by atoms with Crippen LogP contribution < -0.4 is 15.4 Å². The summed E-state index contributed by atoms with van der Waals surface area (Å²) in [6, 6.07) is 7.38. The van der Waals surface area contributed by atoms with Gasteiger partial charge in [0.2, 0.25) is 0 Å². The fourth-order valence-electron chi connectivity index (χ4n) is 3.18. The van der Waals surface area contributed by atoms with Crippen molar-refractivity contribution in [2.45, 2.75) is 6.18 Å². The maximum atomic E-state index is 13.2. The monoisotopic (exact) mass is 484 g/mol. The molecule has 0 fully saturated rings. The number of hydrogen-bond donors (Lipinski definition) is 2. The highest BCUT2D eigenvalue weighted by molar-refractivity contribution is 5.88. The fourth-order valence-corrected chi connectivity index (χ4v) is 3.18. The number of aromatic nitrogens is 4. The molecule has 0 radical (unpaired) electrons. The quantitative estimate of drug-likeness (QED) is 0.266. The molecule has 0 bridgehead atoms. The summed E-state index contributed by atoms with van der Waals surface area (Å²) in [4.78, 5) is 27.2. The minimum Gasteiger partial charge on any atom is -0.494 e. The van der Waals surface area contributed by atoms with Crippen LogP contribution in [0.15, 0.2) is 61.3 Å². The molecule has 3 heterocycles. The average Bonchev–Trinajstić information content (AvgIpc) is 2.84. The lowest BCUT2D eigenvalue weighted by Crippen LogP contribution is -2.06. The molecule has 0 saturated heterocycles. The number of pyridine rings is 2. The van der Waals surface area contributed by atoms with E-state index in [1.165, 1.54) is 25.6 Å². The van der Waals surface area contributed by atoms with Gasteiger partial charge in [-0.1, -0.05) is 6.07 Å². The van der Waals surface area contributed by atoms with Crippen molar-refractivity contribution < 1.29 is 27.1 Å². The number of halogens is 4. The Bertz CT molecular complexity index is 1360. The van der Waals surface area contributed by atoms with E-state index in [4.69, 9.17) is 4.74 Å². The molecular formula is C23H16F4N6O2. The van der Waals surface area contributed by atoms with Gasteiger partial charge in [0, 0.05) is 18.5 Å². The highest BCUT2D eigenvalue weighted by Gasteiger charge is 2.31. The molecular weight excluding hydrogens is 468 g/mol. The number of nitrogens with one attached hydrogen (secondary N) is 2. The molecule has 0 aliphatic heterocycles. The highest BCUT2D eigenvalue weighted by atomic mass is 19.4. The molecule has 4 rings (SSSR count). The first kappa shape index (κ1) is 23.5. The number of benzene rings is 1. The standard InChI is InChI=1S/C23H16F4N6O2/c1-35-21-17(22-30-9-15(24)10-31-22)3-2-4-18(21)33-19-6-20(29-7-13(19)12-34)32-16-5-14(8-28-11-16)23(25,26)27/h2-12H,1H3,(H2,29,32,33). The summed E-state index contributed by atoms with van der Waals surface area (Å²) in [5, 5.41) is 5.81. The number of methoxy groups -OCH3 is 1. The summed E-state index contributed by atoms with van der Waals surface area (Å²) in [5.41, 5.74) is 0.516. The lowest BCUT2D eigenvalue weighted by Gasteiger charge is -2.16. The number of aldehydes is 1. The first-order valence-corrected chi connectivity index (χ1v) is 9.95. The summed E-state index contributed by atoms with van der Waals surface area (Å²) in [6.07, 6.45) is 1.26. The van der Waals surface area contributed by atoms with Crippen molar-refractivity contribution in [2.24, 2.45) is 0 Å². The smallest absolute Gasteiger partial charge is 0.417 e. The molecule has 3 aromatic heterocycles. The van der Waals surface area contributed by atoms with E-state index >= 15 is 0 Å². The molecule has 1 aromatic carbocycles. The number of carbonyl (C=O) groups excluding carboxylic acids is 1. The molecule has 12 heteroatoms. The number of carbonyl (C=O) groups is 1. The van der Waals surface area contributed by atoms with Crippen LogP contribution in [0.2, 0.25) is 0 Å². The van der Waals surface area contributed by atoms with Crippen molar-refractivity contribution in [1.29, 1.82) is 0 Å². The minimum atomic E-state index is -4.55. The van der Waals surface area contributed by atoms with Crippen molar-refractivity contribution in [3.8, 4) is 17.1 Å². The fraction of sp³-hybridized carbons (Fsp3) is 0.0870. The molecule has 4 aromatic rings. The van der Waals surface area contributed by atoms with E-state index in [0.29, 0.717) is 35.2 Å². The van der Waals surface area contributed by atoms with Gasteiger partial charge < -0.3 is 15.4 Å². The van der Waals surface area contributed by atoms with Gasteiger partial charge >= 0.3 is 6.18 Å². The van der Waals surface area contributed by atoms with Crippen LogP contribution in [0.3, 0.4) is 0 Å². The van der Waals surface area contributed by atoms with Crippen LogP contribution in [-0.2, 0) is 6.18 Å². The largest absolute Gasteiger partial charge is 0.494 e. The summed E-state index contributed by atoms with van der Waals surface area (Å²) >= 11 is 0. The van der Waals surface area contributed by atoms with E-state index in [9.17, 15) is 22.4 Å². The van der Waals surface area contributed by atoms with Gasteiger partial charge in [0.05, 0.1) is 59.5 Å². The second-order valence-corrected chi connectivity index (χ2v) is 7.10. The molecule has 0 unspecified atom stereocenters. The summed E-state index contributed by atoms with van der Waals surface area (Å²) in [5.74, 6) is 0.114. The zero-order chi connectivity index (χ0) is 25.0. The Kier molecular flexibility index (Phi) is 6.53. The van der Waals surface area contributed by atoms with Gasteiger partial charge in [-0.15, -0.1) is 0 Å². The van der Waals surface area contributed by atoms with E-state index in [1.54, 1.807) is 18.2 Å². The summed E-state index contributed by atoms with van der Waals surface area (Å²) in [6.45, 7) is 0. The maximum absolute atomic E-state index is 13.2. The van der Waals surface area contributed by atoms with Crippen molar-refractivity contribution in [3.63, 3.8) is 0 Å². The SMILES string of the molecule is COc1c(Nc2cc(Nc3cncc(C(F)(F)F)c3)ncc2C=O)cccc1-c1ncc(F)cn1. The van der Waals surface area contributed by atoms with Gasteiger partial charge in [0.25, 0.3) is 0 Å². The molecule has 178 valence electrons. The Balaban J connectivity index is 1.67. The third-order valence-electron chi connectivity index (χ3n) is 4.75. The molecule has 0 aliphatic carbocycles. The zero-order valence-electron chi connectivity index (χ0n) is 18.0. The van der Waals surface area contributed by atoms with E-state index in [-0.39, 0.29) is 22.9 Å². The van der Waals surface area contributed by atoms with Gasteiger partial charge in [-0.25, -0.2) is 19.3 Å². The van der Waals surface area contributed by atoms with Crippen molar-refractivity contribution in [2.75, 3.05) is 17.7 Å². The number of nitrogens with zero attached hydrogens (tertiary/aromatic N) is 4. The Morgan fingerprint density at radius 2 is 1.71 bits per heavy atom. The Labute approximate surface area is 196 Å². The third kappa shape index (κ3) is 5.32. The predicted octanol–water partition coefficient (Wildman–Crippen LogP) is 5.40. The van der Waals surface area contributed by atoms with Crippen LogP contribution >= 0.6 is 0 Å². The van der Waals surface area contributed by atoms with E-state index in [0.717, 1.165) is 18.5 Å². The van der Waals surface area contributed by atoms with Gasteiger partial charge in [0.15, 0.2) is 23.7 Å². The molecule has 0 atom stereocenters. The van der Waals surface area contributed by atoms with E-state index < -0.39 is 17.6 Å². The number of ether oxygens (including phenoxy) is 1. The normalized spacial score (nSPS) is 11.1. The highest BCUT2D eigenvalue weighted by Crippen LogP contribution is 2.37. The number of alkyl halides is 3. The summed E-state index contributed by atoms with van der Waals surface area (Å²) < 4.78 is 57.7. The molecule has 0 saturated carbocycles. The van der Waals surface area contributed by atoms with E-state index in [2.05, 4.69) is 30.6 Å². The topological polar surface area (TPSA) is 102 Å². The lowest BCUT2D eigenvalue weighted by molar-refractivity contribution is -0.137. The summed E-state index contributed by atoms with van der Waals surface area (Å²) in [7, 11) is 1.42. The lowest BCUT2D eigenvalue weighted by atomic mass is 10.1. The van der Waals surface area contributed by atoms with Crippen LogP contribution in [0, 0.1) is 5.82 Å². The van der Waals surface area contributed by atoms with E-state index in [1.807, 2.05) is 0 Å². The van der Waals surface area contributed by atoms with Crippen LogP contribution in [0.4, 0.5) is 40.4 Å². The number of anilines is 4. The second kappa shape index (κ2) is 9.71. The predicted molar refractivity (Wildman–Crippen MR) is 119 cm³/mol. The van der Waals surface area contributed by atoms with Crippen LogP contribution in [0.25, 0.3) is 11.4 Å². The molecule has 0 aliphatic rings. The molecule has 2 N–H and O–H groups in total. The Morgan fingerprint density at radius 3 is 2.40 bits per heavy atom.